The van der Waals surface area contributed by atoms with Gasteiger partial charge in [0, 0.05) is 30.0 Å². The van der Waals surface area contributed by atoms with Crippen LogP contribution in [0.25, 0.3) is 0 Å². The quantitative estimate of drug-likeness (QED) is 0.621. The summed E-state index contributed by atoms with van der Waals surface area (Å²) >= 11 is 7.78. The Hall–Kier alpha value is -0.810. The Morgan fingerprint density at radius 3 is 2.56 bits per heavy atom. The highest BCUT2D eigenvalue weighted by Crippen LogP contribution is 2.37. The van der Waals surface area contributed by atoms with Crippen LogP contribution in [-0.2, 0) is 21.4 Å². The zero-order valence-corrected chi connectivity index (χ0v) is 18.9. The van der Waals surface area contributed by atoms with Crippen LogP contribution in [0, 0.1) is 11.7 Å². The van der Waals surface area contributed by atoms with Gasteiger partial charge in [0.2, 0.25) is 5.91 Å². The highest BCUT2D eigenvalue weighted by Gasteiger charge is 2.33. The summed E-state index contributed by atoms with van der Waals surface area (Å²) in [6.07, 6.45) is 0.920. The molecule has 1 aliphatic rings. The molecular formula is C17H17Br2FN2O3S2. The first-order chi connectivity index (χ1) is 12.8. The first-order valence-corrected chi connectivity index (χ1v) is 12.1. The van der Waals surface area contributed by atoms with Gasteiger partial charge in [0.25, 0.3) is 10.0 Å². The number of amides is 1. The Bertz CT molecular complexity index is 922. The van der Waals surface area contributed by atoms with E-state index in [1.807, 2.05) is 0 Å². The lowest BCUT2D eigenvalue weighted by Crippen LogP contribution is -2.42. The van der Waals surface area contributed by atoms with Gasteiger partial charge in [-0.25, -0.2) is 12.8 Å². The van der Waals surface area contributed by atoms with Crippen LogP contribution in [0.2, 0.25) is 0 Å². The van der Waals surface area contributed by atoms with Gasteiger partial charge in [0.05, 0.1) is 3.79 Å². The number of piperidine rings is 1. The molecule has 1 aromatic heterocycles. The van der Waals surface area contributed by atoms with Gasteiger partial charge < -0.3 is 5.32 Å². The molecule has 1 amide bonds. The van der Waals surface area contributed by atoms with E-state index in [1.54, 1.807) is 18.2 Å². The van der Waals surface area contributed by atoms with Crippen molar-refractivity contribution in [2.45, 2.75) is 23.6 Å². The normalized spacial score (nSPS) is 16.4. The van der Waals surface area contributed by atoms with Crippen molar-refractivity contribution in [2.75, 3.05) is 13.1 Å². The summed E-state index contributed by atoms with van der Waals surface area (Å²) in [5.41, 5.74) is 0.692. The van der Waals surface area contributed by atoms with E-state index in [-0.39, 0.29) is 28.4 Å². The summed E-state index contributed by atoms with van der Waals surface area (Å²) in [5.74, 6) is -0.711. The minimum absolute atomic E-state index is 0.127. The highest BCUT2D eigenvalue weighted by molar-refractivity contribution is 9.13. The van der Waals surface area contributed by atoms with Crippen molar-refractivity contribution in [1.82, 2.24) is 9.62 Å². The number of nitrogens with zero attached hydrogens (tertiary/aromatic N) is 1. The minimum atomic E-state index is -3.55. The second-order valence-electron chi connectivity index (χ2n) is 6.21. The van der Waals surface area contributed by atoms with Crippen molar-refractivity contribution in [2.24, 2.45) is 5.92 Å². The van der Waals surface area contributed by atoms with Crippen LogP contribution >= 0.6 is 43.2 Å². The summed E-state index contributed by atoms with van der Waals surface area (Å²) in [6, 6.07) is 7.66. The first kappa shape index (κ1) is 20.9. The summed E-state index contributed by atoms with van der Waals surface area (Å²) < 4.78 is 41.8. The number of sulfonamides is 1. The predicted molar refractivity (Wildman–Crippen MR) is 109 cm³/mol. The minimum Gasteiger partial charge on any atom is -0.352 e. The number of rotatable bonds is 5. The number of carbonyl (C=O) groups is 1. The number of benzene rings is 1. The summed E-state index contributed by atoms with van der Waals surface area (Å²) in [6.45, 7) is 0.855. The molecule has 1 N–H and O–H groups in total. The van der Waals surface area contributed by atoms with E-state index in [0.717, 1.165) is 15.1 Å². The van der Waals surface area contributed by atoms with E-state index in [0.29, 0.717) is 36.0 Å². The number of hydrogen-bond donors (Lipinski definition) is 1. The van der Waals surface area contributed by atoms with Crippen LogP contribution in [-0.4, -0.2) is 31.7 Å². The van der Waals surface area contributed by atoms with Gasteiger partial charge in [0.15, 0.2) is 0 Å². The fraction of sp³-hybridized carbons (Fsp3) is 0.353. The van der Waals surface area contributed by atoms with Gasteiger partial charge in [-0.2, -0.15) is 4.31 Å². The summed E-state index contributed by atoms with van der Waals surface area (Å²) in [5, 5.41) is 2.81. The molecule has 10 heteroatoms. The molecule has 0 radical (unpaired) electrons. The van der Waals surface area contributed by atoms with Gasteiger partial charge in [-0.1, -0.05) is 12.1 Å². The third-order valence-electron chi connectivity index (χ3n) is 4.40. The number of halogens is 3. The zero-order chi connectivity index (χ0) is 19.6. The molecule has 2 heterocycles. The molecule has 0 spiro atoms. The van der Waals surface area contributed by atoms with Crippen molar-refractivity contribution >= 4 is 59.1 Å². The van der Waals surface area contributed by atoms with Crippen molar-refractivity contribution in [3.63, 3.8) is 0 Å². The van der Waals surface area contributed by atoms with Crippen molar-refractivity contribution < 1.29 is 17.6 Å². The van der Waals surface area contributed by atoms with Gasteiger partial charge in [-0.3, -0.25) is 4.79 Å². The maximum absolute atomic E-state index is 13.2. The largest absolute Gasteiger partial charge is 0.352 e. The molecule has 1 saturated heterocycles. The molecule has 3 rings (SSSR count). The van der Waals surface area contributed by atoms with Gasteiger partial charge in [-0.05, 0) is 68.5 Å². The third kappa shape index (κ3) is 4.97. The second-order valence-corrected chi connectivity index (χ2v) is 11.6. The molecular weight excluding hydrogens is 523 g/mol. The lowest BCUT2D eigenvalue weighted by Gasteiger charge is -2.30. The SMILES string of the molecule is O=C(NCc1cccc(F)c1)C1CCN(S(=O)(=O)c2cc(Br)c(Br)s2)CC1. The summed E-state index contributed by atoms with van der Waals surface area (Å²) in [7, 11) is -3.55. The molecule has 146 valence electrons. The molecule has 1 fully saturated rings. The van der Waals surface area contributed by atoms with Gasteiger partial charge in [-0.15, -0.1) is 11.3 Å². The molecule has 2 aromatic rings. The van der Waals surface area contributed by atoms with Crippen molar-refractivity contribution in [3.8, 4) is 0 Å². The Morgan fingerprint density at radius 2 is 1.96 bits per heavy atom. The smallest absolute Gasteiger partial charge is 0.252 e. The molecule has 0 unspecified atom stereocenters. The Balaban J connectivity index is 1.55. The maximum Gasteiger partial charge on any atom is 0.252 e. The van der Waals surface area contributed by atoms with E-state index in [4.69, 9.17) is 0 Å². The van der Waals surface area contributed by atoms with Crippen LogP contribution in [0.1, 0.15) is 18.4 Å². The Labute approximate surface area is 178 Å². The van der Waals surface area contributed by atoms with E-state index >= 15 is 0 Å². The maximum atomic E-state index is 13.2. The monoisotopic (exact) mass is 538 g/mol. The standard InChI is InChI=1S/C17H17Br2FN2O3S2/c18-14-9-15(26-16(14)19)27(24,25)22-6-4-12(5-7-22)17(23)21-10-11-2-1-3-13(20)8-11/h1-3,8-9,12H,4-7,10H2,(H,21,23). The molecule has 0 atom stereocenters. The van der Waals surface area contributed by atoms with Crippen LogP contribution in [0.3, 0.4) is 0 Å². The third-order valence-corrected chi connectivity index (χ3v) is 10.0. The lowest BCUT2D eigenvalue weighted by atomic mass is 9.97. The molecule has 0 aliphatic carbocycles. The van der Waals surface area contributed by atoms with Gasteiger partial charge in [0.1, 0.15) is 10.0 Å². The van der Waals surface area contributed by atoms with Crippen LogP contribution in [0.5, 0.6) is 0 Å². The van der Waals surface area contributed by atoms with E-state index in [9.17, 15) is 17.6 Å². The zero-order valence-electron chi connectivity index (χ0n) is 14.1. The van der Waals surface area contributed by atoms with Crippen LogP contribution in [0.4, 0.5) is 4.39 Å². The molecule has 5 nitrogen and oxygen atoms in total. The molecule has 0 bridgehead atoms. The number of thiophene rings is 1. The van der Waals surface area contributed by atoms with Crippen molar-refractivity contribution in [1.29, 1.82) is 0 Å². The molecule has 1 aromatic carbocycles. The fourth-order valence-electron chi connectivity index (χ4n) is 2.92. The van der Waals surface area contributed by atoms with Gasteiger partial charge >= 0.3 is 0 Å². The average Bonchev–Trinajstić information content (AvgIpc) is 2.99. The van der Waals surface area contributed by atoms with E-state index in [2.05, 4.69) is 37.2 Å². The Kier molecular flexibility index (Phi) is 6.73. The summed E-state index contributed by atoms with van der Waals surface area (Å²) in [4.78, 5) is 12.3. The molecule has 1 aliphatic heterocycles. The lowest BCUT2D eigenvalue weighted by molar-refractivity contribution is -0.126. The molecule has 27 heavy (non-hydrogen) atoms. The van der Waals surface area contributed by atoms with Crippen LogP contribution < -0.4 is 5.32 Å². The predicted octanol–water partition coefficient (Wildman–Crippen LogP) is 4.13. The van der Waals surface area contributed by atoms with Crippen molar-refractivity contribution in [3.05, 3.63) is 50.0 Å². The van der Waals surface area contributed by atoms with E-state index < -0.39 is 10.0 Å². The first-order valence-electron chi connectivity index (χ1n) is 8.24. The Morgan fingerprint density at radius 1 is 1.26 bits per heavy atom. The molecule has 0 saturated carbocycles. The highest BCUT2D eigenvalue weighted by atomic mass is 79.9. The average molecular weight is 540 g/mol. The van der Waals surface area contributed by atoms with Crippen LogP contribution in [0.15, 0.2) is 42.8 Å². The second kappa shape index (κ2) is 8.69. The number of nitrogens with one attached hydrogen (secondary N) is 1. The number of hydrogen-bond acceptors (Lipinski definition) is 4. The fourth-order valence-corrected chi connectivity index (χ4v) is 7.36. The van der Waals surface area contributed by atoms with E-state index in [1.165, 1.54) is 16.4 Å². The number of carbonyl (C=O) groups excluding carboxylic acids is 1. The topological polar surface area (TPSA) is 66.5 Å².